The number of carbonyl (C=O) groups is 2. The van der Waals surface area contributed by atoms with Crippen molar-refractivity contribution in [3.63, 3.8) is 0 Å². The number of hydrogen-bond donors (Lipinski definition) is 3. The maximum Gasteiger partial charge on any atom is 0.335 e. The highest BCUT2D eigenvalue weighted by Crippen LogP contribution is 2.30. The Kier molecular flexibility index (Phi) is 4.66. The molecule has 0 fully saturated rings. The summed E-state index contributed by atoms with van der Waals surface area (Å²) in [6.07, 6.45) is 1.48. The van der Waals surface area contributed by atoms with Crippen LogP contribution in [0, 0.1) is 0 Å². The summed E-state index contributed by atoms with van der Waals surface area (Å²) in [4.78, 5) is 27.2. The first-order valence-electron chi connectivity index (χ1n) is 8.91. The van der Waals surface area contributed by atoms with Crippen LogP contribution < -0.4 is 11.1 Å². The van der Waals surface area contributed by atoms with E-state index in [0.29, 0.717) is 11.3 Å². The topological polar surface area (TPSA) is 105 Å². The molecule has 0 atom stereocenters. The normalized spacial score (nSPS) is 10.6. The lowest BCUT2D eigenvalue weighted by atomic mass is 10.0. The largest absolute Gasteiger partial charge is 0.478 e. The molecule has 0 aliphatic heterocycles. The number of primary amides is 1. The number of benzene rings is 3. The summed E-state index contributed by atoms with van der Waals surface area (Å²) in [5, 5.41) is 13.1. The molecule has 1 aromatic heterocycles. The van der Waals surface area contributed by atoms with Crippen LogP contribution in [0.1, 0.15) is 20.7 Å². The van der Waals surface area contributed by atoms with Gasteiger partial charge in [-0.1, -0.05) is 42.5 Å². The number of hydrogen-bond acceptors (Lipinski definition) is 4. The second-order valence-corrected chi connectivity index (χ2v) is 6.51. The average Bonchev–Trinajstić information content (AvgIpc) is 2.74. The number of amides is 1. The molecule has 4 N–H and O–H groups in total. The molecule has 0 saturated carbocycles. The molecule has 0 saturated heterocycles. The second-order valence-electron chi connectivity index (χ2n) is 6.51. The van der Waals surface area contributed by atoms with Crippen molar-refractivity contribution in [2.24, 2.45) is 5.73 Å². The van der Waals surface area contributed by atoms with E-state index < -0.39 is 11.9 Å². The standard InChI is InChI=1S/C23H17N3O3/c24-22(27)19-13-25-20-4-2-1-3-18(20)21(19)26-17-11-9-15(10-12-17)14-5-7-16(8-6-14)23(28)29/h1-13H,(H2,24,27)(H,25,26)(H,28,29). The van der Waals surface area contributed by atoms with E-state index in [0.717, 1.165) is 27.7 Å². The van der Waals surface area contributed by atoms with Crippen molar-refractivity contribution in [2.45, 2.75) is 0 Å². The minimum Gasteiger partial charge on any atom is -0.478 e. The predicted octanol–water partition coefficient (Wildman–Crippen LogP) is 4.44. The number of carbonyl (C=O) groups excluding carboxylic acids is 1. The van der Waals surface area contributed by atoms with Gasteiger partial charge >= 0.3 is 5.97 Å². The van der Waals surface area contributed by atoms with Gasteiger partial charge in [0.1, 0.15) is 0 Å². The van der Waals surface area contributed by atoms with Crippen molar-refractivity contribution in [1.82, 2.24) is 4.98 Å². The summed E-state index contributed by atoms with van der Waals surface area (Å²) in [6.45, 7) is 0. The fraction of sp³-hybridized carbons (Fsp3) is 0. The summed E-state index contributed by atoms with van der Waals surface area (Å²) >= 11 is 0. The smallest absolute Gasteiger partial charge is 0.335 e. The lowest BCUT2D eigenvalue weighted by Crippen LogP contribution is -2.14. The molecule has 4 rings (SSSR count). The number of anilines is 2. The fourth-order valence-corrected chi connectivity index (χ4v) is 3.16. The number of aromatic nitrogens is 1. The Labute approximate surface area is 166 Å². The van der Waals surface area contributed by atoms with Crippen LogP contribution in [0.3, 0.4) is 0 Å². The third-order valence-electron chi connectivity index (χ3n) is 4.66. The summed E-state index contributed by atoms with van der Waals surface area (Å²) in [5.74, 6) is -1.51. The molecule has 0 aliphatic carbocycles. The number of rotatable bonds is 5. The van der Waals surface area contributed by atoms with E-state index in [1.807, 2.05) is 48.5 Å². The van der Waals surface area contributed by atoms with Gasteiger partial charge in [-0.15, -0.1) is 0 Å². The minimum atomic E-state index is -0.953. The summed E-state index contributed by atoms with van der Waals surface area (Å²) in [6, 6.07) is 21.8. The van der Waals surface area contributed by atoms with E-state index in [9.17, 15) is 9.59 Å². The Bertz CT molecular complexity index is 1220. The Morgan fingerprint density at radius 3 is 2.10 bits per heavy atom. The molecule has 0 radical (unpaired) electrons. The van der Waals surface area contributed by atoms with Crippen molar-refractivity contribution in [2.75, 3.05) is 5.32 Å². The number of fused-ring (bicyclic) bond motifs is 1. The molecule has 0 aliphatic rings. The summed E-state index contributed by atoms with van der Waals surface area (Å²) < 4.78 is 0. The molecule has 1 amide bonds. The SMILES string of the molecule is NC(=O)c1cnc2ccccc2c1Nc1ccc(-c2ccc(C(=O)O)cc2)cc1. The monoisotopic (exact) mass is 383 g/mol. The number of nitrogens with one attached hydrogen (secondary N) is 1. The van der Waals surface area contributed by atoms with E-state index >= 15 is 0 Å². The van der Waals surface area contributed by atoms with Gasteiger partial charge in [0, 0.05) is 17.3 Å². The Hall–Kier alpha value is -4.19. The molecule has 6 nitrogen and oxygen atoms in total. The maximum absolute atomic E-state index is 11.9. The highest BCUT2D eigenvalue weighted by atomic mass is 16.4. The molecule has 1 heterocycles. The Morgan fingerprint density at radius 2 is 1.48 bits per heavy atom. The van der Waals surface area contributed by atoms with Gasteiger partial charge in [0.15, 0.2) is 0 Å². The predicted molar refractivity (Wildman–Crippen MR) is 112 cm³/mol. The van der Waals surface area contributed by atoms with Gasteiger partial charge in [0.05, 0.1) is 22.3 Å². The molecular weight excluding hydrogens is 366 g/mol. The second kappa shape index (κ2) is 7.44. The first kappa shape index (κ1) is 18.2. The van der Waals surface area contributed by atoms with Crippen LogP contribution in [-0.2, 0) is 0 Å². The van der Waals surface area contributed by atoms with E-state index in [1.54, 1.807) is 24.3 Å². The number of nitrogens with two attached hydrogens (primary N) is 1. The van der Waals surface area contributed by atoms with Crippen LogP contribution in [-0.4, -0.2) is 22.0 Å². The van der Waals surface area contributed by atoms with Crippen molar-refractivity contribution in [3.8, 4) is 11.1 Å². The number of para-hydroxylation sites is 1. The van der Waals surface area contributed by atoms with Gasteiger partial charge in [0.25, 0.3) is 5.91 Å². The number of pyridine rings is 1. The molecule has 4 aromatic rings. The molecule has 3 aromatic carbocycles. The van der Waals surface area contributed by atoms with E-state index in [1.165, 1.54) is 6.20 Å². The highest BCUT2D eigenvalue weighted by Gasteiger charge is 2.13. The molecule has 142 valence electrons. The molecule has 0 spiro atoms. The van der Waals surface area contributed by atoms with Crippen LogP contribution in [0.4, 0.5) is 11.4 Å². The Balaban J connectivity index is 1.66. The third-order valence-corrected chi connectivity index (χ3v) is 4.66. The quantitative estimate of drug-likeness (QED) is 0.472. The van der Waals surface area contributed by atoms with Crippen LogP contribution in [0.25, 0.3) is 22.0 Å². The van der Waals surface area contributed by atoms with Gasteiger partial charge in [0.2, 0.25) is 0 Å². The summed E-state index contributed by atoms with van der Waals surface area (Å²) in [7, 11) is 0. The lowest BCUT2D eigenvalue weighted by molar-refractivity contribution is 0.0696. The van der Waals surface area contributed by atoms with E-state index in [-0.39, 0.29) is 5.56 Å². The lowest BCUT2D eigenvalue weighted by Gasteiger charge is -2.13. The van der Waals surface area contributed by atoms with Crippen molar-refractivity contribution in [1.29, 1.82) is 0 Å². The van der Waals surface area contributed by atoms with Gasteiger partial charge in [-0.25, -0.2) is 4.79 Å². The molecule has 0 bridgehead atoms. The van der Waals surface area contributed by atoms with Gasteiger partial charge in [-0.3, -0.25) is 9.78 Å². The van der Waals surface area contributed by atoms with E-state index in [4.69, 9.17) is 10.8 Å². The van der Waals surface area contributed by atoms with Gasteiger partial charge < -0.3 is 16.2 Å². The number of nitrogens with zero attached hydrogens (tertiary/aromatic N) is 1. The van der Waals surface area contributed by atoms with Crippen LogP contribution in [0.5, 0.6) is 0 Å². The molecule has 0 unspecified atom stereocenters. The first-order chi connectivity index (χ1) is 14.0. The number of aromatic carboxylic acids is 1. The van der Waals surface area contributed by atoms with Crippen LogP contribution in [0.15, 0.2) is 79.0 Å². The maximum atomic E-state index is 11.9. The zero-order valence-electron chi connectivity index (χ0n) is 15.3. The first-order valence-corrected chi connectivity index (χ1v) is 8.91. The number of carboxylic acids is 1. The fourth-order valence-electron chi connectivity index (χ4n) is 3.16. The minimum absolute atomic E-state index is 0.246. The van der Waals surface area contributed by atoms with E-state index in [2.05, 4.69) is 10.3 Å². The van der Waals surface area contributed by atoms with Crippen molar-refractivity contribution in [3.05, 3.63) is 90.1 Å². The average molecular weight is 383 g/mol. The third kappa shape index (κ3) is 3.64. The van der Waals surface area contributed by atoms with Crippen LogP contribution >= 0.6 is 0 Å². The summed E-state index contributed by atoms with van der Waals surface area (Å²) in [5.41, 5.74) is 10.1. The van der Waals surface area contributed by atoms with Gasteiger partial charge in [-0.05, 0) is 41.5 Å². The Morgan fingerprint density at radius 1 is 0.862 bits per heavy atom. The zero-order chi connectivity index (χ0) is 20.4. The zero-order valence-corrected chi connectivity index (χ0v) is 15.3. The van der Waals surface area contributed by atoms with Crippen molar-refractivity contribution < 1.29 is 14.7 Å². The highest BCUT2D eigenvalue weighted by molar-refractivity contribution is 6.07. The van der Waals surface area contributed by atoms with Crippen molar-refractivity contribution >= 4 is 34.2 Å². The number of carboxylic acid groups (broad SMARTS) is 1. The van der Waals surface area contributed by atoms with Crippen LogP contribution in [0.2, 0.25) is 0 Å². The molecule has 6 heteroatoms. The van der Waals surface area contributed by atoms with Gasteiger partial charge in [-0.2, -0.15) is 0 Å². The molecule has 29 heavy (non-hydrogen) atoms. The molecular formula is C23H17N3O3.